The molecule has 0 aliphatic heterocycles. The summed E-state index contributed by atoms with van der Waals surface area (Å²) in [6.07, 6.45) is 0.874. The first-order valence-electron chi connectivity index (χ1n) is 4.71. The third-order valence-corrected chi connectivity index (χ3v) is 2.89. The summed E-state index contributed by atoms with van der Waals surface area (Å²) in [5.41, 5.74) is 0. The van der Waals surface area contributed by atoms with Crippen LogP contribution >= 0.6 is 15.9 Å². The van der Waals surface area contributed by atoms with Crippen molar-refractivity contribution < 1.29 is 14.1 Å². The van der Waals surface area contributed by atoms with Gasteiger partial charge in [-0.25, -0.2) is 0 Å². The van der Waals surface area contributed by atoms with Gasteiger partial charge in [0.15, 0.2) is 5.76 Å². The van der Waals surface area contributed by atoms with Crippen LogP contribution in [0.15, 0.2) is 16.5 Å². The Hall–Kier alpha value is -1.37. The second kappa shape index (κ2) is 5.64. The fourth-order valence-electron chi connectivity index (χ4n) is 0.983. The summed E-state index contributed by atoms with van der Waals surface area (Å²) in [6, 6.07) is 2.43. The lowest BCUT2D eigenvalue weighted by Gasteiger charge is -2.06. The third kappa shape index (κ3) is 3.34. The van der Waals surface area contributed by atoms with Crippen LogP contribution in [-0.4, -0.2) is 22.2 Å². The number of rotatable bonds is 5. The number of hydrogen-bond acceptors (Lipinski definition) is 4. The van der Waals surface area contributed by atoms with Crippen molar-refractivity contribution in [2.24, 2.45) is 0 Å². The van der Waals surface area contributed by atoms with Crippen molar-refractivity contribution in [3.8, 4) is 0 Å². The number of carbonyl (C=O) groups is 1. The molecule has 1 N–H and O–H groups in total. The molecule has 1 unspecified atom stereocenters. The molecule has 1 atom stereocenters. The lowest BCUT2D eigenvalue weighted by atomic mass is 10.3. The van der Waals surface area contributed by atoms with Crippen molar-refractivity contribution >= 4 is 27.7 Å². The molecule has 0 aromatic carbocycles. The molecule has 0 saturated heterocycles. The highest BCUT2D eigenvalue weighted by Gasteiger charge is 2.17. The molecule has 0 aliphatic carbocycles. The monoisotopic (exact) mass is 290 g/mol. The zero-order chi connectivity index (χ0) is 12.1. The van der Waals surface area contributed by atoms with E-state index in [1.54, 1.807) is 0 Å². The number of nitrogens with zero attached hydrogens (tertiary/aromatic N) is 1. The van der Waals surface area contributed by atoms with Crippen molar-refractivity contribution in [2.45, 2.75) is 18.2 Å². The molecule has 0 radical (unpaired) electrons. The van der Waals surface area contributed by atoms with Crippen LogP contribution in [0.25, 0.3) is 0 Å². The Bertz CT molecular complexity index is 391. The number of furan rings is 1. The lowest BCUT2D eigenvalue weighted by molar-refractivity contribution is -0.402. The number of carbonyl (C=O) groups excluding carboxylic acids is 1. The number of amides is 1. The summed E-state index contributed by atoms with van der Waals surface area (Å²) < 4.78 is 4.75. The zero-order valence-corrected chi connectivity index (χ0v) is 10.2. The lowest BCUT2D eigenvalue weighted by Crippen LogP contribution is -2.28. The number of hydrogen-bond donors (Lipinski definition) is 1. The molecule has 88 valence electrons. The zero-order valence-electron chi connectivity index (χ0n) is 8.60. The number of halogens is 1. The van der Waals surface area contributed by atoms with Crippen molar-refractivity contribution in [1.29, 1.82) is 0 Å². The van der Waals surface area contributed by atoms with Gasteiger partial charge in [0.05, 0.1) is 6.07 Å². The van der Waals surface area contributed by atoms with Gasteiger partial charge in [-0.05, 0) is 12.5 Å². The fraction of sp³-hybridized carbons (Fsp3) is 0.444. The molecule has 1 amide bonds. The highest BCUT2D eigenvalue weighted by Crippen LogP contribution is 2.15. The van der Waals surface area contributed by atoms with E-state index >= 15 is 0 Å². The first-order valence-corrected chi connectivity index (χ1v) is 5.62. The van der Waals surface area contributed by atoms with Gasteiger partial charge >= 0.3 is 5.88 Å². The summed E-state index contributed by atoms with van der Waals surface area (Å²) in [5.74, 6) is -0.940. The summed E-state index contributed by atoms with van der Waals surface area (Å²) in [7, 11) is 0. The molecule has 1 rings (SSSR count). The minimum atomic E-state index is -0.684. The van der Waals surface area contributed by atoms with Gasteiger partial charge in [0.2, 0.25) is 0 Å². The van der Waals surface area contributed by atoms with Crippen LogP contribution in [0.4, 0.5) is 5.88 Å². The predicted molar refractivity (Wildman–Crippen MR) is 60.7 cm³/mol. The van der Waals surface area contributed by atoms with Crippen LogP contribution in [0.5, 0.6) is 0 Å². The topological polar surface area (TPSA) is 85.4 Å². The molecule has 1 heterocycles. The minimum Gasteiger partial charge on any atom is -0.395 e. The highest BCUT2D eigenvalue weighted by molar-refractivity contribution is 9.09. The molecule has 0 fully saturated rings. The molecule has 0 bridgehead atoms. The van der Waals surface area contributed by atoms with Crippen molar-refractivity contribution in [3.05, 3.63) is 28.0 Å². The van der Waals surface area contributed by atoms with E-state index in [-0.39, 0.29) is 10.6 Å². The SMILES string of the molecule is CCC(Br)CNC(=O)c1ccc([N+](=O)[O-])o1. The van der Waals surface area contributed by atoms with Gasteiger partial charge in [0, 0.05) is 11.4 Å². The van der Waals surface area contributed by atoms with Gasteiger partial charge < -0.3 is 9.73 Å². The summed E-state index contributed by atoms with van der Waals surface area (Å²) in [4.78, 5) is 21.3. The van der Waals surface area contributed by atoms with Crippen LogP contribution in [-0.2, 0) is 0 Å². The molecule has 1 aromatic rings. The van der Waals surface area contributed by atoms with Crippen molar-refractivity contribution in [2.75, 3.05) is 6.54 Å². The third-order valence-electron chi connectivity index (χ3n) is 1.92. The maximum absolute atomic E-state index is 11.5. The maximum Gasteiger partial charge on any atom is 0.433 e. The molecular formula is C9H11BrN2O4. The largest absolute Gasteiger partial charge is 0.433 e. The van der Waals surface area contributed by atoms with E-state index in [4.69, 9.17) is 4.42 Å². The number of alkyl halides is 1. The maximum atomic E-state index is 11.5. The van der Waals surface area contributed by atoms with Crippen LogP contribution in [0.2, 0.25) is 0 Å². The van der Waals surface area contributed by atoms with E-state index in [0.29, 0.717) is 6.54 Å². The number of nitrogens with one attached hydrogen (secondary N) is 1. The first-order chi connectivity index (χ1) is 7.54. The summed E-state index contributed by atoms with van der Waals surface area (Å²) in [6.45, 7) is 2.42. The van der Waals surface area contributed by atoms with Crippen molar-refractivity contribution in [3.63, 3.8) is 0 Å². The van der Waals surface area contributed by atoms with E-state index in [1.165, 1.54) is 6.07 Å². The Morgan fingerprint density at radius 2 is 2.38 bits per heavy atom. The molecule has 6 nitrogen and oxygen atoms in total. The highest BCUT2D eigenvalue weighted by atomic mass is 79.9. The van der Waals surface area contributed by atoms with Gasteiger partial charge in [0.25, 0.3) is 5.91 Å². The van der Waals surface area contributed by atoms with Gasteiger partial charge in [-0.3, -0.25) is 14.9 Å². The second-order valence-electron chi connectivity index (χ2n) is 3.11. The smallest absolute Gasteiger partial charge is 0.395 e. The Morgan fingerprint density at radius 1 is 1.69 bits per heavy atom. The standard InChI is InChI=1S/C9H11BrN2O4/c1-2-6(10)5-11-9(13)7-3-4-8(16-7)12(14)15/h3-4,6H,2,5H2,1H3,(H,11,13). The average Bonchev–Trinajstić information content (AvgIpc) is 2.74. The number of nitro groups is 1. The quantitative estimate of drug-likeness (QED) is 0.511. The Balaban J connectivity index is 2.56. The molecule has 7 heteroatoms. The molecule has 0 aliphatic rings. The van der Waals surface area contributed by atoms with E-state index < -0.39 is 16.7 Å². The molecule has 0 saturated carbocycles. The fourth-order valence-corrected chi connectivity index (χ4v) is 1.14. The second-order valence-corrected chi connectivity index (χ2v) is 4.41. The predicted octanol–water partition coefficient (Wildman–Crippen LogP) is 2.09. The van der Waals surface area contributed by atoms with Gasteiger partial charge in [-0.1, -0.05) is 22.9 Å². The molecule has 0 spiro atoms. The van der Waals surface area contributed by atoms with Crippen molar-refractivity contribution in [1.82, 2.24) is 5.32 Å². The van der Waals surface area contributed by atoms with Gasteiger partial charge in [-0.2, -0.15) is 0 Å². The van der Waals surface area contributed by atoms with Crippen LogP contribution < -0.4 is 5.32 Å². The summed E-state index contributed by atoms with van der Waals surface area (Å²) >= 11 is 3.35. The molecule has 16 heavy (non-hydrogen) atoms. The Kier molecular flexibility index (Phi) is 4.48. The summed E-state index contributed by atoms with van der Waals surface area (Å²) in [5, 5.41) is 12.9. The van der Waals surface area contributed by atoms with E-state index in [1.807, 2.05) is 6.92 Å². The molecule has 1 aromatic heterocycles. The van der Waals surface area contributed by atoms with Gasteiger partial charge in [-0.15, -0.1) is 0 Å². The van der Waals surface area contributed by atoms with Crippen LogP contribution in [0.1, 0.15) is 23.9 Å². The average molecular weight is 291 g/mol. The Labute approximate surface area is 100 Å². The van der Waals surface area contributed by atoms with E-state index in [0.717, 1.165) is 12.5 Å². The Morgan fingerprint density at radius 3 is 2.88 bits per heavy atom. The van der Waals surface area contributed by atoms with E-state index in [2.05, 4.69) is 21.2 Å². The van der Waals surface area contributed by atoms with Crippen LogP contribution in [0.3, 0.4) is 0 Å². The van der Waals surface area contributed by atoms with Crippen LogP contribution in [0, 0.1) is 10.1 Å². The normalized spacial score (nSPS) is 12.1. The van der Waals surface area contributed by atoms with E-state index in [9.17, 15) is 14.9 Å². The minimum absolute atomic E-state index is 0.0532. The first kappa shape index (κ1) is 12.7. The van der Waals surface area contributed by atoms with Gasteiger partial charge in [0.1, 0.15) is 4.92 Å². The molecular weight excluding hydrogens is 280 g/mol.